The Labute approximate surface area is 146 Å². The molecule has 2 aromatic rings. The van der Waals surface area contributed by atoms with Crippen LogP contribution in [0.2, 0.25) is 0 Å². The minimum Gasteiger partial charge on any atom is -0.317 e. The van der Waals surface area contributed by atoms with Crippen molar-refractivity contribution in [3.05, 3.63) is 58.1 Å². The van der Waals surface area contributed by atoms with E-state index in [0.717, 1.165) is 22.5 Å². The summed E-state index contributed by atoms with van der Waals surface area (Å²) in [6.07, 6.45) is 0. The van der Waals surface area contributed by atoms with Crippen molar-refractivity contribution in [2.24, 2.45) is 0 Å². The summed E-state index contributed by atoms with van der Waals surface area (Å²) in [6.45, 7) is 0. The molecule has 128 valence electrons. The highest BCUT2D eigenvalue weighted by Crippen LogP contribution is 2.26. The number of hydrogen-bond donors (Lipinski definition) is 1. The van der Waals surface area contributed by atoms with E-state index in [1.54, 1.807) is 0 Å². The van der Waals surface area contributed by atoms with Gasteiger partial charge in [0.15, 0.2) is 0 Å². The number of benzene rings is 2. The van der Waals surface area contributed by atoms with Crippen molar-refractivity contribution < 1.29 is 22.0 Å². The van der Waals surface area contributed by atoms with Gasteiger partial charge in [-0.25, -0.2) is 21.5 Å². The molecular weight excluding hydrogens is 406 g/mol. The van der Waals surface area contributed by atoms with Gasteiger partial charge in [0.05, 0.1) is 4.90 Å². The van der Waals surface area contributed by atoms with Crippen LogP contribution in [0.25, 0.3) is 0 Å². The van der Waals surface area contributed by atoms with Gasteiger partial charge in [0.25, 0.3) is 5.91 Å². The van der Waals surface area contributed by atoms with E-state index in [2.05, 4.69) is 21.2 Å². The molecule has 0 aliphatic carbocycles. The van der Waals surface area contributed by atoms with Crippen LogP contribution in [0.5, 0.6) is 0 Å². The number of anilines is 1. The number of sulfonamides is 1. The average molecular weight is 419 g/mol. The number of nitrogens with zero attached hydrogens (tertiary/aromatic N) is 1. The van der Waals surface area contributed by atoms with Gasteiger partial charge < -0.3 is 5.32 Å². The van der Waals surface area contributed by atoms with Crippen LogP contribution in [0.3, 0.4) is 0 Å². The van der Waals surface area contributed by atoms with Crippen LogP contribution in [0.4, 0.5) is 14.5 Å². The molecule has 0 aromatic heterocycles. The summed E-state index contributed by atoms with van der Waals surface area (Å²) in [5.74, 6) is -2.69. The summed E-state index contributed by atoms with van der Waals surface area (Å²) in [7, 11) is -1.09. The van der Waals surface area contributed by atoms with Gasteiger partial charge in [0.2, 0.25) is 10.0 Å². The Morgan fingerprint density at radius 1 is 1.12 bits per heavy atom. The SMILES string of the molecule is CN(C)S(=O)(=O)c1cc(C(=O)Nc2c(F)cccc2F)ccc1Br. The van der Waals surface area contributed by atoms with Crippen LogP contribution >= 0.6 is 15.9 Å². The summed E-state index contributed by atoms with van der Waals surface area (Å²) in [4.78, 5) is 12.1. The molecule has 0 fully saturated rings. The van der Waals surface area contributed by atoms with Gasteiger partial charge in [-0.15, -0.1) is 0 Å². The Hall–Kier alpha value is -1.84. The van der Waals surface area contributed by atoms with E-state index in [9.17, 15) is 22.0 Å². The number of carbonyl (C=O) groups is 1. The van der Waals surface area contributed by atoms with Crippen LogP contribution < -0.4 is 5.32 Å². The maximum absolute atomic E-state index is 13.6. The second-order valence-corrected chi connectivity index (χ2v) is 7.96. The fraction of sp³-hybridized carbons (Fsp3) is 0.133. The van der Waals surface area contributed by atoms with E-state index in [1.807, 2.05) is 0 Å². The van der Waals surface area contributed by atoms with E-state index >= 15 is 0 Å². The van der Waals surface area contributed by atoms with Gasteiger partial charge in [-0.2, -0.15) is 0 Å². The number of carbonyl (C=O) groups excluding carboxylic acids is 1. The minimum absolute atomic E-state index is 0.0544. The molecule has 0 aliphatic heterocycles. The number of para-hydroxylation sites is 1. The van der Waals surface area contributed by atoms with Gasteiger partial charge in [-0.1, -0.05) is 6.07 Å². The van der Waals surface area contributed by atoms with E-state index in [1.165, 1.54) is 32.3 Å². The fourth-order valence-electron chi connectivity index (χ4n) is 1.84. The molecule has 0 bridgehead atoms. The number of hydrogen-bond acceptors (Lipinski definition) is 3. The molecule has 0 saturated carbocycles. The lowest BCUT2D eigenvalue weighted by atomic mass is 10.2. The Balaban J connectivity index is 2.42. The van der Waals surface area contributed by atoms with Crippen molar-refractivity contribution >= 4 is 37.5 Å². The van der Waals surface area contributed by atoms with Crippen molar-refractivity contribution in [2.75, 3.05) is 19.4 Å². The van der Waals surface area contributed by atoms with Crippen molar-refractivity contribution in [3.63, 3.8) is 0 Å². The van der Waals surface area contributed by atoms with Crippen LogP contribution in [0.15, 0.2) is 45.8 Å². The summed E-state index contributed by atoms with van der Waals surface area (Å²) in [6, 6.07) is 7.02. The zero-order chi connectivity index (χ0) is 18.1. The van der Waals surface area contributed by atoms with Crippen LogP contribution in [0, 0.1) is 11.6 Å². The topological polar surface area (TPSA) is 66.5 Å². The Bertz CT molecular complexity index is 881. The zero-order valence-corrected chi connectivity index (χ0v) is 15.1. The van der Waals surface area contributed by atoms with E-state index < -0.39 is 33.3 Å². The molecule has 2 aromatic carbocycles. The number of halogens is 3. The lowest BCUT2D eigenvalue weighted by Crippen LogP contribution is -2.23. The van der Waals surface area contributed by atoms with E-state index in [-0.39, 0.29) is 14.9 Å². The highest BCUT2D eigenvalue weighted by molar-refractivity contribution is 9.10. The first kappa shape index (κ1) is 18.5. The van der Waals surface area contributed by atoms with Crippen molar-refractivity contribution in [1.82, 2.24) is 4.31 Å². The van der Waals surface area contributed by atoms with Crippen LogP contribution in [0.1, 0.15) is 10.4 Å². The maximum Gasteiger partial charge on any atom is 0.255 e. The summed E-state index contributed by atoms with van der Waals surface area (Å²) in [5.41, 5.74) is -0.649. The van der Waals surface area contributed by atoms with Gasteiger partial charge in [-0.3, -0.25) is 4.79 Å². The molecule has 5 nitrogen and oxygen atoms in total. The van der Waals surface area contributed by atoms with E-state index in [0.29, 0.717) is 0 Å². The Morgan fingerprint density at radius 2 is 1.71 bits per heavy atom. The third-order valence-corrected chi connectivity index (χ3v) is 5.96. The molecule has 0 aliphatic rings. The Kier molecular flexibility index (Phi) is 5.36. The third kappa shape index (κ3) is 3.63. The maximum atomic E-state index is 13.6. The zero-order valence-electron chi connectivity index (χ0n) is 12.7. The fourth-order valence-corrected chi connectivity index (χ4v) is 3.69. The molecule has 24 heavy (non-hydrogen) atoms. The molecule has 2 rings (SSSR count). The largest absolute Gasteiger partial charge is 0.317 e. The molecular formula is C15H13BrF2N2O3S. The summed E-state index contributed by atoms with van der Waals surface area (Å²) < 4.78 is 52.9. The van der Waals surface area contributed by atoms with Gasteiger partial charge >= 0.3 is 0 Å². The first-order valence-electron chi connectivity index (χ1n) is 6.62. The smallest absolute Gasteiger partial charge is 0.255 e. The van der Waals surface area contributed by atoms with E-state index in [4.69, 9.17) is 0 Å². The molecule has 9 heteroatoms. The third-order valence-electron chi connectivity index (χ3n) is 3.15. The molecule has 1 amide bonds. The monoisotopic (exact) mass is 418 g/mol. The molecule has 0 spiro atoms. The first-order valence-corrected chi connectivity index (χ1v) is 8.85. The highest BCUT2D eigenvalue weighted by atomic mass is 79.9. The summed E-state index contributed by atoms with van der Waals surface area (Å²) in [5, 5.41) is 2.11. The normalized spacial score (nSPS) is 11.6. The standard InChI is InChI=1S/C15H13BrF2N2O3S/c1-20(2)24(22,23)13-8-9(6-7-10(13)16)15(21)19-14-11(17)4-3-5-12(14)18/h3-8H,1-2H3,(H,19,21). The molecule has 0 saturated heterocycles. The quantitative estimate of drug-likeness (QED) is 0.828. The minimum atomic E-state index is -3.79. The van der Waals surface area contributed by atoms with Crippen LogP contribution in [-0.4, -0.2) is 32.7 Å². The molecule has 1 N–H and O–H groups in total. The molecule has 0 radical (unpaired) electrons. The second kappa shape index (κ2) is 6.96. The second-order valence-electron chi connectivity index (χ2n) is 4.98. The molecule has 0 atom stereocenters. The molecule has 0 unspecified atom stereocenters. The van der Waals surface area contributed by atoms with Crippen molar-refractivity contribution in [3.8, 4) is 0 Å². The first-order chi connectivity index (χ1) is 11.1. The van der Waals surface area contributed by atoms with Crippen molar-refractivity contribution in [1.29, 1.82) is 0 Å². The lowest BCUT2D eigenvalue weighted by molar-refractivity contribution is 0.102. The number of rotatable bonds is 4. The number of nitrogens with one attached hydrogen (secondary N) is 1. The predicted molar refractivity (Wildman–Crippen MR) is 89.3 cm³/mol. The predicted octanol–water partition coefficient (Wildman–Crippen LogP) is 3.23. The number of amides is 1. The molecule has 0 heterocycles. The van der Waals surface area contributed by atoms with Crippen LogP contribution in [-0.2, 0) is 10.0 Å². The average Bonchev–Trinajstić information content (AvgIpc) is 2.51. The van der Waals surface area contributed by atoms with Gasteiger partial charge in [0, 0.05) is 24.1 Å². The Morgan fingerprint density at radius 3 is 2.25 bits per heavy atom. The van der Waals surface area contributed by atoms with Gasteiger partial charge in [0.1, 0.15) is 17.3 Å². The van der Waals surface area contributed by atoms with Gasteiger partial charge in [-0.05, 0) is 46.3 Å². The lowest BCUT2D eigenvalue weighted by Gasteiger charge is -2.14. The highest BCUT2D eigenvalue weighted by Gasteiger charge is 2.22. The summed E-state index contributed by atoms with van der Waals surface area (Å²) >= 11 is 3.12. The van der Waals surface area contributed by atoms with Crippen molar-refractivity contribution in [2.45, 2.75) is 4.90 Å².